The van der Waals surface area contributed by atoms with Crippen LogP contribution in [-0.4, -0.2) is 31.5 Å². The Labute approximate surface area is 173 Å². The van der Waals surface area contributed by atoms with Crippen LogP contribution in [0.3, 0.4) is 0 Å². The molecule has 2 N–H and O–H groups in total. The van der Waals surface area contributed by atoms with Crippen molar-refractivity contribution in [2.75, 3.05) is 7.05 Å². The second-order valence-electron chi connectivity index (χ2n) is 6.60. The summed E-state index contributed by atoms with van der Waals surface area (Å²) in [5, 5.41) is 6.64. The second kappa shape index (κ2) is 9.14. The fourth-order valence-electron chi connectivity index (χ4n) is 2.71. The lowest BCUT2D eigenvalue weighted by atomic mass is 10.1. The first-order valence-corrected chi connectivity index (χ1v) is 10.7. The third-order valence-electron chi connectivity index (χ3n) is 4.44. The van der Waals surface area contributed by atoms with Gasteiger partial charge in [0.2, 0.25) is 27.6 Å². The van der Waals surface area contributed by atoms with Crippen molar-refractivity contribution >= 4 is 15.9 Å². The summed E-state index contributed by atoms with van der Waals surface area (Å²) in [7, 11) is -2.14. The number of aromatic nitrogens is 2. The Hall–Kier alpha value is -3.11. The molecule has 10 heteroatoms. The fraction of sp³-hybridized carbons (Fsp3) is 0.250. The first-order chi connectivity index (χ1) is 14.3. The van der Waals surface area contributed by atoms with Gasteiger partial charge in [-0.15, -0.1) is 0 Å². The number of carbonyl (C=O) groups is 1. The molecule has 1 amide bonds. The van der Waals surface area contributed by atoms with Crippen LogP contribution in [0.15, 0.2) is 57.9 Å². The second-order valence-corrected chi connectivity index (χ2v) is 8.49. The maximum Gasteiger partial charge on any atom is 0.249 e. The Morgan fingerprint density at radius 3 is 2.43 bits per heavy atom. The molecule has 8 nitrogen and oxygen atoms in total. The fourth-order valence-corrected chi connectivity index (χ4v) is 3.44. The lowest BCUT2D eigenvalue weighted by Crippen LogP contribution is -2.27. The Morgan fingerprint density at radius 1 is 1.13 bits per heavy atom. The van der Waals surface area contributed by atoms with Crippen molar-refractivity contribution < 1.29 is 22.1 Å². The highest BCUT2D eigenvalue weighted by atomic mass is 32.2. The first-order valence-electron chi connectivity index (χ1n) is 9.20. The summed E-state index contributed by atoms with van der Waals surface area (Å²) >= 11 is 0. The van der Waals surface area contributed by atoms with Crippen molar-refractivity contribution in [2.24, 2.45) is 0 Å². The van der Waals surface area contributed by atoms with E-state index in [0.717, 1.165) is 5.56 Å². The number of halogens is 1. The summed E-state index contributed by atoms with van der Waals surface area (Å²) in [6.07, 6.45) is 0.657. The zero-order valence-electron chi connectivity index (χ0n) is 16.4. The van der Waals surface area contributed by atoms with Crippen molar-refractivity contribution in [3.63, 3.8) is 0 Å². The topological polar surface area (TPSA) is 114 Å². The largest absolute Gasteiger partial charge is 0.345 e. The van der Waals surface area contributed by atoms with Gasteiger partial charge in [-0.3, -0.25) is 4.79 Å². The number of hydrogen-bond acceptors (Lipinski definition) is 6. The van der Waals surface area contributed by atoms with Crippen LogP contribution in [0.2, 0.25) is 0 Å². The van der Waals surface area contributed by atoms with Gasteiger partial charge in [-0.1, -0.05) is 17.3 Å². The van der Waals surface area contributed by atoms with Gasteiger partial charge in [0, 0.05) is 12.0 Å². The van der Waals surface area contributed by atoms with Crippen LogP contribution >= 0.6 is 0 Å². The van der Waals surface area contributed by atoms with Gasteiger partial charge in [0.05, 0.1) is 4.90 Å². The van der Waals surface area contributed by atoms with E-state index in [2.05, 4.69) is 20.2 Å². The maximum absolute atomic E-state index is 13.0. The minimum atomic E-state index is -3.48. The molecule has 0 aliphatic heterocycles. The highest BCUT2D eigenvalue weighted by Gasteiger charge is 2.17. The molecule has 0 aliphatic carbocycles. The molecule has 0 fully saturated rings. The van der Waals surface area contributed by atoms with E-state index in [1.807, 2.05) is 0 Å². The van der Waals surface area contributed by atoms with E-state index in [1.165, 1.54) is 31.3 Å². The van der Waals surface area contributed by atoms with Crippen molar-refractivity contribution in [3.8, 4) is 11.4 Å². The van der Waals surface area contributed by atoms with Crippen LogP contribution in [0.5, 0.6) is 0 Å². The summed E-state index contributed by atoms with van der Waals surface area (Å²) in [4.78, 5) is 16.6. The number of rotatable bonds is 8. The number of aryl methyl sites for hydroxylation is 1. The van der Waals surface area contributed by atoms with E-state index in [0.29, 0.717) is 17.8 Å². The van der Waals surface area contributed by atoms with E-state index in [4.69, 9.17) is 4.52 Å². The molecule has 1 unspecified atom stereocenters. The molecule has 1 aromatic heterocycles. The van der Waals surface area contributed by atoms with E-state index in [9.17, 15) is 17.6 Å². The molecule has 0 saturated heterocycles. The van der Waals surface area contributed by atoms with E-state index < -0.39 is 16.1 Å². The van der Waals surface area contributed by atoms with Crippen LogP contribution in [-0.2, 0) is 21.2 Å². The highest BCUT2D eigenvalue weighted by molar-refractivity contribution is 7.89. The van der Waals surface area contributed by atoms with Crippen LogP contribution < -0.4 is 10.0 Å². The van der Waals surface area contributed by atoms with E-state index >= 15 is 0 Å². The van der Waals surface area contributed by atoms with Crippen LogP contribution in [0.1, 0.15) is 30.8 Å². The average Bonchev–Trinajstić information content (AvgIpc) is 3.23. The van der Waals surface area contributed by atoms with Gasteiger partial charge in [-0.2, -0.15) is 4.98 Å². The van der Waals surface area contributed by atoms with Crippen LogP contribution in [0, 0.1) is 5.82 Å². The number of amides is 1. The number of sulfonamides is 1. The zero-order valence-corrected chi connectivity index (χ0v) is 17.2. The Morgan fingerprint density at radius 2 is 1.80 bits per heavy atom. The zero-order chi connectivity index (χ0) is 21.7. The Bertz CT molecular complexity index is 1110. The quantitative estimate of drug-likeness (QED) is 0.566. The molecule has 1 heterocycles. The average molecular weight is 432 g/mol. The summed E-state index contributed by atoms with van der Waals surface area (Å²) in [6.45, 7) is 1.72. The smallest absolute Gasteiger partial charge is 0.249 e. The van der Waals surface area contributed by atoms with Crippen molar-refractivity contribution in [1.29, 1.82) is 0 Å². The predicted octanol–water partition coefficient (Wildman–Crippen LogP) is 2.59. The van der Waals surface area contributed by atoms with Gasteiger partial charge in [0.15, 0.2) is 0 Å². The maximum atomic E-state index is 13.0. The number of nitrogens with one attached hydrogen (secondary N) is 2. The lowest BCUT2D eigenvalue weighted by Gasteiger charge is -2.10. The van der Waals surface area contributed by atoms with Gasteiger partial charge < -0.3 is 9.84 Å². The highest BCUT2D eigenvalue weighted by Crippen LogP contribution is 2.19. The number of nitrogens with zero attached hydrogens (tertiary/aromatic N) is 2. The SMILES string of the molecule is CNS(=O)(=O)c1ccc(CCC(=O)NC(C)c2nc(-c3ccc(F)cc3)no2)cc1. The molecule has 1 atom stereocenters. The van der Waals surface area contributed by atoms with Crippen molar-refractivity contribution in [1.82, 2.24) is 20.2 Å². The first kappa shape index (κ1) is 21.6. The molecule has 3 rings (SSSR count). The van der Waals surface area contributed by atoms with Gasteiger partial charge >= 0.3 is 0 Å². The van der Waals surface area contributed by atoms with Gasteiger partial charge in [0.1, 0.15) is 11.9 Å². The van der Waals surface area contributed by atoms with Gasteiger partial charge in [-0.25, -0.2) is 17.5 Å². The predicted molar refractivity (Wildman–Crippen MR) is 107 cm³/mol. The summed E-state index contributed by atoms with van der Waals surface area (Å²) < 4.78 is 43.9. The number of benzene rings is 2. The molecule has 3 aromatic rings. The molecule has 0 aliphatic rings. The third kappa shape index (κ3) is 5.28. The monoisotopic (exact) mass is 432 g/mol. The molecule has 30 heavy (non-hydrogen) atoms. The summed E-state index contributed by atoms with van der Waals surface area (Å²) in [6, 6.07) is 11.5. The standard InChI is InChI=1S/C20H21FN4O4S/c1-13(20-24-19(25-29-20)15-6-8-16(21)9-7-15)23-18(26)12-5-14-3-10-17(11-4-14)30(27,28)22-2/h3-4,6-11,13,22H,5,12H2,1-2H3,(H,23,26). The van der Waals surface area contributed by atoms with E-state index in [1.54, 1.807) is 31.2 Å². The van der Waals surface area contributed by atoms with Crippen LogP contribution in [0.4, 0.5) is 4.39 Å². The molecule has 0 bridgehead atoms. The minimum Gasteiger partial charge on any atom is -0.345 e. The third-order valence-corrected chi connectivity index (χ3v) is 5.87. The van der Waals surface area contributed by atoms with Crippen molar-refractivity contribution in [2.45, 2.75) is 30.7 Å². The van der Waals surface area contributed by atoms with E-state index in [-0.39, 0.29) is 28.9 Å². The van der Waals surface area contributed by atoms with Gasteiger partial charge in [0.25, 0.3) is 0 Å². The van der Waals surface area contributed by atoms with Gasteiger partial charge in [-0.05, 0) is 62.4 Å². The molecule has 158 valence electrons. The normalized spacial score (nSPS) is 12.5. The molecule has 0 saturated carbocycles. The minimum absolute atomic E-state index is 0.167. The molecule has 2 aromatic carbocycles. The summed E-state index contributed by atoms with van der Waals surface area (Å²) in [5.74, 6) is -0.0237. The number of carbonyl (C=O) groups excluding carboxylic acids is 1. The Balaban J connectivity index is 1.54. The number of hydrogen-bond donors (Lipinski definition) is 2. The Kier molecular flexibility index (Phi) is 6.58. The van der Waals surface area contributed by atoms with Crippen molar-refractivity contribution in [3.05, 3.63) is 65.8 Å². The molecule has 0 radical (unpaired) electrons. The molecule has 0 spiro atoms. The molecular formula is C20H21FN4O4S. The van der Waals surface area contributed by atoms with Crippen LogP contribution in [0.25, 0.3) is 11.4 Å². The summed E-state index contributed by atoms with van der Waals surface area (Å²) in [5.41, 5.74) is 1.44. The molecular weight excluding hydrogens is 411 g/mol. The lowest BCUT2D eigenvalue weighted by molar-refractivity contribution is -0.121.